The predicted molar refractivity (Wildman–Crippen MR) is 80.1 cm³/mol. The molecule has 0 saturated heterocycles. The highest BCUT2D eigenvalue weighted by Crippen LogP contribution is 2.36. The standard InChI is InChI=1S/C13H7BrCl2OS/c14-11-6-10(3-1-8(11)7-17)18-13-5-9(15)2-4-12(13)16/h1-7H. The van der Waals surface area contributed by atoms with Crippen LogP contribution in [-0.4, -0.2) is 6.29 Å². The maximum absolute atomic E-state index is 10.7. The van der Waals surface area contributed by atoms with Crippen LogP contribution >= 0.6 is 50.9 Å². The van der Waals surface area contributed by atoms with Crippen LogP contribution in [-0.2, 0) is 0 Å². The fraction of sp³-hybridized carbons (Fsp3) is 0. The van der Waals surface area contributed by atoms with E-state index < -0.39 is 0 Å². The summed E-state index contributed by atoms with van der Waals surface area (Å²) in [6, 6.07) is 10.8. The Balaban J connectivity index is 2.31. The fourth-order valence-electron chi connectivity index (χ4n) is 1.35. The summed E-state index contributed by atoms with van der Waals surface area (Å²) in [7, 11) is 0. The first-order chi connectivity index (χ1) is 8.60. The van der Waals surface area contributed by atoms with Crippen LogP contribution in [0.15, 0.2) is 50.7 Å². The van der Waals surface area contributed by atoms with E-state index in [1.807, 2.05) is 18.2 Å². The number of benzene rings is 2. The molecule has 2 aromatic carbocycles. The zero-order valence-electron chi connectivity index (χ0n) is 8.99. The monoisotopic (exact) mass is 360 g/mol. The molecule has 0 saturated carbocycles. The number of halogens is 3. The summed E-state index contributed by atoms with van der Waals surface area (Å²) in [5.41, 5.74) is 0.622. The first kappa shape index (κ1) is 13.9. The van der Waals surface area contributed by atoms with E-state index in [-0.39, 0.29) is 0 Å². The molecule has 0 fully saturated rings. The van der Waals surface area contributed by atoms with Gasteiger partial charge in [0.05, 0.1) is 5.02 Å². The molecule has 0 aliphatic rings. The molecule has 0 heterocycles. The molecular weight excluding hydrogens is 355 g/mol. The van der Waals surface area contributed by atoms with Gasteiger partial charge in [0.1, 0.15) is 0 Å². The van der Waals surface area contributed by atoms with Crippen LogP contribution in [0.4, 0.5) is 0 Å². The van der Waals surface area contributed by atoms with Gasteiger partial charge in [-0.05, 0) is 36.4 Å². The Morgan fingerprint density at radius 3 is 2.56 bits per heavy atom. The van der Waals surface area contributed by atoms with E-state index in [2.05, 4.69) is 15.9 Å². The third-order valence-electron chi connectivity index (χ3n) is 2.22. The second-order valence-electron chi connectivity index (χ2n) is 3.48. The van der Waals surface area contributed by atoms with Crippen molar-refractivity contribution in [2.24, 2.45) is 0 Å². The number of aldehydes is 1. The molecular formula is C13H7BrCl2OS. The molecule has 2 rings (SSSR count). The summed E-state index contributed by atoms with van der Waals surface area (Å²) >= 11 is 16.9. The van der Waals surface area contributed by atoms with E-state index in [4.69, 9.17) is 23.2 Å². The molecule has 18 heavy (non-hydrogen) atoms. The lowest BCUT2D eigenvalue weighted by atomic mass is 10.2. The van der Waals surface area contributed by atoms with Crippen LogP contribution in [0.25, 0.3) is 0 Å². The number of hydrogen-bond acceptors (Lipinski definition) is 2. The quantitative estimate of drug-likeness (QED) is 0.650. The van der Waals surface area contributed by atoms with Gasteiger partial charge in [0, 0.05) is 24.8 Å². The Morgan fingerprint density at radius 2 is 1.89 bits per heavy atom. The van der Waals surface area contributed by atoms with Crippen LogP contribution in [0, 0.1) is 0 Å². The van der Waals surface area contributed by atoms with Crippen molar-refractivity contribution in [1.82, 2.24) is 0 Å². The van der Waals surface area contributed by atoms with Crippen molar-refractivity contribution in [2.45, 2.75) is 9.79 Å². The van der Waals surface area contributed by atoms with E-state index in [1.165, 1.54) is 11.8 Å². The highest BCUT2D eigenvalue weighted by atomic mass is 79.9. The van der Waals surface area contributed by atoms with Crippen LogP contribution in [0.3, 0.4) is 0 Å². The lowest BCUT2D eigenvalue weighted by Gasteiger charge is -2.06. The molecule has 0 unspecified atom stereocenters. The molecule has 0 spiro atoms. The number of carbonyl (C=O) groups is 1. The maximum Gasteiger partial charge on any atom is 0.151 e. The van der Waals surface area contributed by atoms with Gasteiger partial charge in [-0.15, -0.1) is 0 Å². The summed E-state index contributed by atoms with van der Waals surface area (Å²) in [6.45, 7) is 0. The van der Waals surface area contributed by atoms with Crippen molar-refractivity contribution < 1.29 is 4.79 Å². The van der Waals surface area contributed by atoms with Crippen LogP contribution in [0.1, 0.15) is 10.4 Å². The molecule has 0 aromatic heterocycles. The minimum absolute atomic E-state index is 0.622. The topological polar surface area (TPSA) is 17.1 Å². The predicted octanol–water partition coefficient (Wildman–Crippen LogP) is 5.72. The molecule has 0 radical (unpaired) electrons. The molecule has 0 atom stereocenters. The molecule has 0 aliphatic carbocycles. The Hall–Kier alpha value is -0.480. The molecule has 0 aliphatic heterocycles. The minimum atomic E-state index is 0.622. The van der Waals surface area contributed by atoms with Crippen LogP contribution in [0.5, 0.6) is 0 Å². The van der Waals surface area contributed by atoms with Gasteiger partial charge in [0.15, 0.2) is 6.29 Å². The summed E-state index contributed by atoms with van der Waals surface area (Å²) in [6.07, 6.45) is 0.810. The average Bonchev–Trinajstić information content (AvgIpc) is 2.34. The van der Waals surface area contributed by atoms with E-state index in [1.54, 1.807) is 18.2 Å². The molecule has 2 aromatic rings. The van der Waals surface area contributed by atoms with Crippen molar-refractivity contribution in [3.05, 3.63) is 56.5 Å². The Kier molecular flexibility index (Phi) is 4.73. The number of rotatable bonds is 3. The van der Waals surface area contributed by atoms with Crippen molar-refractivity contribution in [3.63, 3.8) is 0 Å². The average molecular weight is 362 g/mol. The minimum Gasteiger partial charge on any atom is -0.298 e. The maximum atomic E-state index is 10.7. The van der Waals surface area contributed by atoms with Gasteiger partial charge in [-0.1, -0.05) is 50.9 Å². The Morgan fingerprint density at radius 1 is 1.11 bits per heavy atom. The second-order valence-corrected chi connectivity index (χ2v) is 6.29. The van der Waals surface area contributed by atoms with Gasteiger partial charge in [-0.3, -0.25) is 4.79 Å². The lowest BCUT2D eigenvalue weighted by Crippen LogP contribution is -1.83. The van der Waals surface area contributed by atoms with Crippen LogP contribution in [0.2, 0.25) is 10.0 Å². The third kappa shape index (κ3) is 3.29. The SMILES string of the molecule is O=Cc1ccc(Sc2cc(Cl)ccc2Cl)cc1Br. The highest BCUT2D eigenvalue weighted by Gasteiger charge is 2.06. The highest BCUT2D eigenvalue weighted by molar-refractivity contribution is 9.10. The second kappa shape index (κ2) is 6.11. The van der Waals surface area contributed by atoms with Crippen molar-refractivity contribution in [1.29, 1.82) is 0 Å². The van der Waals surface area contributed by atoms with Crippen molar-refractivity contribution in [2.75, 3.05) is 0 Å². The molecule has 0 bridgehead atoms. The summed E-state index contributed by atoms with van der Waals surface area (Å²) in [4.78, 5) is 12.6. The first-order valence-electron chi connectivity index (χ1n) is 4.98. The van der Waals surface area contributed by atoms with Crippen molar-refractivity contribution >= 4 is 57.2 Å². The van der Waals surface area contributed by atoms with E-state index in [0.717, 1.165) is 20.5 Å². The van der Waals surface area contributed by atoms with Gasteiger partial charge in [-0.25, -0.2) is 0 Å². The third-order valence-corrected chi connectivity index (χ3v) is 4.63. The first-order valence-corrected chi connectivity index (χ1v) is 7.34. The molecule has 0 N–H and O–H groups in total. The summed E-state index contributed by atoms with van der Waals surface area (Å²) in [5.74, 6) is 0. The van der Waals surface area contributed by atoms with E-state index in [0.29, 0.717) is 15.6 Å². The van der Waals surface area contributed by atoms with Gasteiger partial charge in [0.25, 0.3) is 0 Å². The molecule has 0 amide bonds. The molecule has 1 nitrogen and oxygen atoms in total. The largest absolute Gasteiger partial charge is 0.298 e. The van der Waals surface area contributed by atoms with Gasteiger partial charge in [0.2, 0.25) is 0 Å². The normalized spacial score (nSPS) is 10.4. The molecule has 92 valence electrons. The Bertz CT molecular complexity index is 602. The fourth-order valence-corrected chi connectivity index (χ4v) is 3.36. The van der Waals surface area contributed by atoms with Crippen LogP contribution < -0.4 is 0 Å². The smallest absolute Gasteiger partial charge is 0.151 e. The molecule has 5 heteroatoms. The van der Waals surface area contributed by atoms with Crippen molar-refractivity contribution in [3.8, 4) is 0 Å². The van der Waals surface area contributed by atoms with E-state index in [9.17, 15) is 4.79 Å². The zero-order valence-corrected chi connectivity index (χ0v) is 12.9. The summed E-state index contributed by atoms with van der Waals surface area (Å²) < 4.78 is 0.764. The van der Waals surface area contributed by atoms with Gasteiger partial charge >= 0.3 is 0 Å². The summed E-state index contributed by atoms with van der Waals surface area (Å²) in [5, 5.41) is 1.30. The lowest BCUT2D eigenvalue weighted by molar-refractivity contribution is 0.112. The number of hydrogen-bond donors (Lipinski definition) is 0. The van der Waals surface area contributed by atoms with Gasteiger partial charge in [-0.2, -0.15) is 0 Å². The van der Waals surface area contributed by atoms with E-state index >= 15 is 0 Å². The number of carbonyl (C=O) groups excluding carboxylic acids is 1. The van der Waals surface area contributed by atoms with Gasteiger partial charge < -0.3 is 0 Å². The Labute approximate surface area is 128 Å². The zero-order chi connectivity index (χ0) is 13.1.